The van der Waals surface area contributed by atoms with Crippen LogP contribution >= 0.6 is 0 Å². The summed E-state index contributed by atoms with van der Waals surface area (Å²) in [6.45, 7) is 0. The van der Waals surface area contributed by atoms with Crippen molar-refractivity contribution >= 4 is 5.71 Å². The lowest BCUT2D eigenvalue weighted by molar-refractivity contribution is 1.06. The van der Waals surface area contributed by atoms with Crippen molar-refractivity contribution < 1.29 is 0 Å². The van der Waals surface area contributed by atoms with Gasteiger partial charge in [-0.25, -0.2) is 15.0 Å². The lowest BCUT2D eigenvalue weighted by atomic mass is 9.95. The molecule has 0 radical (unpaired) electrons. The molecule has 0 aliphatic carbocycles. The highest BCUT2D eigenvalue weighted by Gasteiger charge is 2.16. The van der Waals surface area contributed by atoms with E-state index in [0.29, 0.717) is 17.5 Å². The van der Waals surface area contributed by atoms with E-state index in [-0.39, 0.29) is 0 Å². The van der Waals surface area contributed by atoms with Gasteiger partial charge in [-0.3, -0.25) is 9.98 Å². The van der Waals surface area contributed by atoms with Crippen LogP contribution in [-0.2, 0) is 0 Å². The minimum absolute atomic E-state index is 0.631. The number of aromatic nitrogens is 4. The van der Waals surface area contributed by atoms with E-state index >= 15 is 0 Å². The Morgan fingerprint density at radius 1 is 0.500 bits per heavy atom. The molecule has 5 heteroatoms. The molecule has 0 bridgehead atoms. The van der Waals surface area contributed by atoms with Crippen molar-refractivity contribution in [2.24, 2.45) is 4.99 Å². The molecule has 1 aliphatic rings. The standard InChI is InChI=1S/C31H23N5/c1-3-9-23(10-4-1)29-34-30(24-11-5-2-6-12-24)36-31(35-29)27-20-25(22-14-17-32-18-15-22)19-26(21-27)28-13-7-8-16-33-28/h1-6,8-12,14-21H,7,13H2. The molecule has 36 heavy (non-hydrogen) atoms. The van der Waals surface area contributed by atoms with E-state index in [1.54, 1.807) is 0 Å². The molecule has 0 amide bonds. The molecule has 0 spiro atoms. The van der Waals surface area contributed by atoms with Gasteiger partial charge in [0.2, 0.25) is 0 Å². The van der Waals surface area contributed by atoms with Gasteiger partial charge in [-0.05, 0) is 59.9 Å². The summed E-state index contributed by atoms with van der Waals surface area (Å²) < 4.78 is 0. The molecule has 0 unspecified atom stereocenters. The van der Waals surface area contributed by atoms with Gasteiger partial charge >= 0.3 is 0 Å². The molecule has 1 aliphatic heterocycles. The van der Waals surface area contributed by atoms with Crippen LogP contribution in [0.2, 0.25) is 0 Å². The summed E-state index contributed by atoms with van der Waals surface area (Å²) in [5.41, 5.74) is 7.12. The maximum atomic E-state index is 4.93. The third-order valence-corrected chi connectivity index (χ3v) is 6.12. The Bertz CT molecular complexity index is 1500. The highest BCUT2D eigenvalue weighted by molar-refractivity contribution is 6.03. The summed E-state index contributed by atoms with van der Waals surface area (Å²) in [7, 11) is 0. The minimum Gasteiger partial charge on any atom is -0.265 e. The molecule has 0 N–H and O–H groups in total. The fourth-order valence-electron chi connectivity index (χ4n) is 4.29. The second-order valence-electron chi connectivity index (χ2n) is 8.57. The Balaban J connectivity index is 1.57. The molecule has 0 atom stereocenters. The first-order valence-electron chi connectivity index (χ1n) is 12.0. The Hall–Kier alpha value is -4.77. The zero-order chi connectivity index (χ0) is 24.2. The van der Waals surface area contributed by atoms with Crippen LogP contribution in [-0.4, -0.2) is 25.6 Å². The molecule has 3 heterocycles. The average Bonchev–Trinajstić information content (AvgIpc) is 2.98. The molecule has 6 rings (SSSR count). The number of benzene rings is 3. The van der Waals surface area contributed by atoms with Crippen LogP contribution in [0, 0.1) is 0 Å². The third kappa shape index (κ3) is 4.59. The second kappa shape index (κ2) is 9.84. The number of allylic oxidation sites excluding steroid dienone is 1. The van der Waals surface area contributed by atoms with Crippen LogP contribution in [0.15, 0.2) is 121 Å². The van der Waals surface area contributed by atoms with Gasteiger partial charge in [0.15, 0.2) is 17.5 Å². The monoisotopic (exact) mass is 465 g/mol. The second-order valence-corrected chi connectivity index (χ2v) is 8.57. The maximum absolute atomic E-state index is 4.93. The first kappa shape index (κ1) is 21.7. The van der Waals surface area contributed by atoms with Crippen LogP contribution in [0.4, 0.5) is 0 Å². The van der Waals surface area contributed by atoms with Crippen molar-refractivity contribution in [3.63, 3.8) is 0 Å². The number of hydrogen-bond donors (Lipinski definition) is 0. The molecule has 5 aromatic rings. The Morgan fingerprint density at radius 3 is 1.64 bits per heavy atom. The molecule has 5 nitrogen and oxygen atoms in total. The van der Waals surface area contributed by atoms with Gasteiger partial charge in [0.25, 0.3) is 0 Å². The molecular weight excluding hydrogens is 442 g/mol. The summed E-state index contributed by atoms with van der Waals surface area (Å²) in [6, 6.07) is 30.6. The Morgan fingerprint density at radius 2 is 1.06 bits per heavy atom. The van der Waals surface area contributed by atoms with E-state index in [9.17, 15) is 0 Å². The van der Waals surface area contributed by atoms with Crippen molar-refractivity contribution in [2.45, 2.75) is 12.8 Å². The van der Waals surface area contributed by atoms with Gasteiger partial charge < -0.3 is 0 Å². The van der Waals surface area contributed by atoms with Crippen LogP contribution in [0.5, 0.6) is 0 Å². The summed E-state index contributed by atoms with van der Waals surface area (Å²) in [5.74, 6) is 1.92. The lowest BCUT2D eigenvalue weighted by Gasteiger charge is -2.14. The van der Waals surface area contributed by atoms with E-state index < -0.39 is 0 Å². The van der Waals surface area contributed by atoms with E-state index in [1.807, 2.05) is 91.4 Å². The van der Waals surface area contributed by atoms with Crippen molar-refractivity contribution in [3.05, 3.63) is 121 Å². The van der Waals surface area contributed by atoms with E-state index in [2.05, 4.69) is 34.3 Å². The molecular formula is C31H23N5. The fourth-order valence-corrected chi connectivity index (χ4v) is 4.29. The Labute approximate surface area is 210 Å². The SMILES string of the molecule is C1=CN=C(c2cc(-c3ccncc3)cc(-c3nc(-c4ccccc4)nc(-c4ccccc4)n3)c2)CC1. The summed E-state index contributed by atoms with van der Waals surface area (Å²) in [5, 5.41) is 0. The van der Waals surface area contributed by atoms with Gasteiger partial charge in [-0.15, -0.1) is 0 Å². The van der Waals surface area contributed by atoms with Crippen LogP contribution in [0.1, 0.15) is 18.4 Å². The van der Waals surface area contributed by atoms with Gasteiger partial charge in [0.05, 0.1) is 0 Å². The summed E-state index contributed by atoms with van der Waals surface area (Å²) >= 11 is 0. The zero-order valence-corrected chi connectivity index (χ0v) is 19.6. The van der Waals surface area contributed by atoms with Crippen LogP contribution < -0.4 is 0 Å². The van der Waals surface area contributed by atoms with Crippen molar-refractivity contribution in [1.29, 1.82) is 0 Å². The van der Waals surface area contributed by atoms with E-state index in [0.717, 1.165) is 51.9 Å². The first-order valence-corrected chi connectivity index (χ1v) is 12.0. The number of nitrogens with zero attached hydrogens (tertiary/aromatic N) is 5. The predicted molar refractivity (Wildman–Crippen MR) is 144 cm³/mol. The third-order valence-electron chi connectivity index (χ3n) is 6.12. The van der Waals surface area contributed by atoms with Crippen LogP contribution in [0.25, 0.3) is 45.3 Å². The lowest BCUT2D eigenvalue weighted by Crippen LogP contribution is -2.05. The smallest absolute Gasteiger partial charge is 0.164 e. The van der Waals surface area contributed by atoms with E-state index in [1.165, 1.54) is 0 Å². The largest absolute Gasteiger partial charge is 0.265 e. The molecule has 172 valence electrons. The summed E-state index contributed by atoms with van der Waals surface area (Å²) in [4.78, 5) is 23.6. The number of hydrogen-bond acceptors (Lipinski definition) is 5. The van der Waals surface area contributed by atoms with Crippen molar-refractivity contribution in [3.8, 4) is 45.3 Å². The molecule has 3 aromatic carbocycles. The molecule has 0 saturated carbocycles. The van der Waals surface area contributed by atoms with Gasteiger partial charge in [0.1, 0.15) is 0 Å². The quantitative estimate of drug-likeness (QED) is 0.279. The predicted octanol–water partition coefficient (Wildman–Crippen LogP) is 7.03. The minimum atomic E-state index is 0.631. The number of rotatable bonds is 5. The van der Waals surface area contributed by atoms with Gasteiger partial charge in [-0.2, -0.15) is 0 Å². The number of aliphatic imine (C=N–C) groups is 1. The maximum Gasteiger partial charge on any atom is 0.164 e. The average molecular weight is 466 g/mol. The normalized spacial score (nSPS) is 12.8. The van der Waals surface area contributed by atoms with Crippen molar-refractivity contribution in [1.82, 2.24) is 19.9 Å². The fraction of sp³-hybridized carbons (Fsp3) is 0.0645. The van der Waals surface area contributed by atoms with Gasteiger partial charge in [0, 0.05) is 41.0 Å². The highest BCUT2D eigenvalue weighted by atomic mass is 15.0. The first-order chi connectivity index (χ1) is 17.8. The van der Waals surface area contributed by atoms with Crippen molar-refractivity contribution in [2.75, 3.05) is 0 Å². The molecule has 0 saturated heterocycles. The number of pyridine rings is 1. The Kier molecular flexibility index (Phi) is 5.94. The van der Waals surface area contributed by atoms with Gasteiger partial charge in [-0.1, -0.05) is 66.7 Å². The van der Waals surface area contributed by atoms with E-state index in [4.69, 9.17) is 15.0 Å². The summed E-state index contributed by atoms with van der Waals surface area (Å²) in [6.07, 6.45) is 9.50. The zero-order valence-electron chi connectivity index (χ0n) is 19.6. The topological polar surface area (TPSA) is 63.9 Å². The molecule has 2 aromatic heterocycles. The highest BCUT2D eigenvalue weighted by Crippen LogP contribution is 2.30. The van der Waals surface area contributed by atoms with Crippen LogP contribution in [0.3, 0.4) is 0 Å². The molecule has 0 fully saturated rings.